The van der Waals surface area contributed by atoms with Gasteiger partial charge in [0, 0.05) is 0 Å². The molecule has 0 bridgehead atoms. The molecule has 0 amide bonds. The van der Waals surface area contributed by atoms with Gasteiger partial charge >= 0.3 is 23.5 Å². The number of alkyl halides is 1. The van der Waals surface area contributed by atoms with Crippen molar-refractivity contribution >= 4 is 35.7 Å². The molecule has 2 heterocycles. The number of ether oxygens (including phenoxy) is 1. The van der Waals surface area contributed by atoms with Crippen LogP contribution >= 0.6 is 35.7 Å². The van der Waals surface area contributed by atoms with Gasteiger partial charge in [-0.1, -0.05) is 0 Å². The first-order chi connectivity index (χ1) is 13.8. The van der Waals surface area contributed by atoms with E-state index in [9.17, 15) is 37.3 Å². The Morgan fingerprint density at radius 1 is 1.26 bits per heavy atom. The number of aromatic nitrogens is 2. The molecule has 0 aliphatic carbocycles. The van der Waals surface area contributed by atoms with Crippen LogP contribution in [-0.4, -0.2) is 58.7 Å². The minimum absolute atomic E-state index is 0.461. The van der Waals surface area contributed by atoms with Crippen LogP contribution in [0.5, 0.6) is 0 Å². The fraction of sp³-hybridized carbons (Fsp3) is 0.600. The van der Waals surface area contributed by atoms with Gasteiger partial charge in [-0.3, -0.25) is 18.9 Å². The summed E-state index contributed by atoms with van der Waals surface area (Å²) >= 11 is 4.80. The maximum absolute atomic E-state index is 14.6. The molecular formula is C10H15F2N2O13P3S. The Morgan fingerprint density at radius 3 is 2.39 bits per heavy atom. The molecule has 178 valence electrons. The molecule has 1 aromatic heterocycles. The topological polar surface area (TPSA) is 227 Å². The zero-order valence-electron chi connectivity index (χ0n) is 15.0. The van der Waals surface area contributed by atoms with Gasteiger partial charge in [-0.05, 0) is 19.1 Å². The molecule has 3 unspecified atom stereocenters. The van der Waals surface area contributed by atoms with Crippen LogP contribution in [0.15, 0.2) is 11.0 Å². The molecule has 1 fully saturated rings. The van der Waals surface area contributed by atoms with Crippen LogP contribution in [-0.2, 0) is 31.6 Å². The second-order valence-electron chi connectivity index (χ2n) is 6.18. The van der Waals surface area contributed by atoms with Crippen LogP contribution in [0.4, 0.5) is 8.78 Å². The smallest absolute Gasteiger partial charge is 0.382 e. The van der Waals surface area contributed by atoms with Crippen molar-refractivity contribution in [2.24, 2.45) is 0 Å². The minimum Gasteiger partial charge on any atom is -0.382 e. The predicted octanol–water partition coefficient (Wildman–Crippen LogP) is 0.375. The van der Waals surface area contributed by atoms with Crippen molar-refractivity contribution in [3.8, 4) is 0 Å². The lowest BCUT2D eigenvalue weighted by molar-refractivity contribution is -0.0924. The fourth-order valence-electron chi connectivity index (χ4n) is 2.46. The van der Waals surface area contributed by atoms with Crippen molar-refractivity contribution in [3.63, 3.8) is 0 Å². The summed E-state index contributed by atoms with van der Waals surface area (Å²) in [6.45, 7) is -0.311. The summed E-state index contributed by atoms with van der Waals surface area (Å²) in [5, 5.41) is 10.4. The third-order valence-corrected chi connectivity index (χ3v) is 7.80. The second-order valence-corrected chi connectivity index (χ2v) is 11.0. The van der Waals surface area contributed by atoms with E-state index in [0.717, 1.165) is 6.92 Å². The standard InChI is InChI=1S/C10H15F2N2O13P3S/c1-10(16)6(12)5(25-8(10)14-2-4(11)7(15)13-9(14)31)3-24-29(20,21)27-30(22,23)26-28(17,18)19/h2,5-6,8,16H,3H2,1H3,(H,20,21)(H,22,23)(H,13,15,31)(H2,17,18,19)/t5-,6?,8-,10-/m1/s1. The monoisotopic (exact) mass is 534 g/mol. The number of nitrogens with zero attached hydrogens (tertiary/aromatic N) is 1. The Bertz CT molecular complexity index is 1100. The van der Waals surface area contributed by atoms with E-state index in [1.54, 1.807) is 0 Å². The van der Waals surface area contributed by atoms with Gasteiger partial charge in [0.15, 0.2) is 17.2 Å². The van der Waals surface area contributed by atoms with Crippen molar-refractivity contribution in [2.45, 2.75) is 31.0 Å². The number of hydrogen-bond acceptors (Lipinski definition) is 10. The Balaban J connectivity index is 2.17. The van der Waals surface area contributed by atoms with E-state index >= 15 is 0 Å². The third-order valence-electron chi connectivity index (χ3n) is 3.68. The molecule has 1 aliphatic heterocycles. The number of rotatable bonds is 8. The van der Waals surface area contributed by atoms with E-state index in [-0.39, 0.29) is 0 Å². The van der Waals surface area contributed by atoms with Crippen molar-refractivity contribution in [3.05, 3.63) is 27.1 Å². The number of nitrogens with one attached hydrogen (secondary N) is 1. The zero-order valence-corrected chi connectivity index (χ0v) is 18.5. The quantitative estimate of drug-likeness (QED) is 0.196. The fourth-order valence-corrected chi connectivity index (χ4v) is 5.73. The van der Waals surface area contributed by atoms with Crippen LogP contribution in [0.2, 0.25) is 0 Å². The number of phosphoric ester groups is 1. The first-order valence-corrected chi connectivity index (χ1v) is 12.6. The highest BCUT2D eigenvalue weighted by molar-refractivity contribution is 7.71. The normalized spacial score (nSPS) is 30.6. The molecular weight excluding hydrogens is 519 g/mol. The largest absolute Gasteiger partial charge is 0.490 e. The predicted molar refractivity (Wildman–Crippen MR) is 95.1 cm³/mol. The van der Waals surface area contributed by atoms with E-state index in [1.165, 1.54) is 0 Å². The lowest BCUT2D eigenvalue weighted by atomic mass is 9.98. The highest BCUT2D eigenvalue weighted by Gasteiger charge is 2.55. The molecule has 1 saturated heterocycles. The second kappa shape index (κ2) is 8.91. The van der Waals surface area contributed by atoms with Crippen molar-refractivity contribution < 1.29 is 65.0 Å². The summed E-state index contributed by atoms with van der Waals surface area (Å²) in [7, 11) is -17.0. The summed E-state index contributed by atoms with van der Waals surface area (Å²) in [5.74, 6) is -1.35. The maximum atomic E-state index is 14.6. The molecule has 0 radical (unpaired) electrons. The third kappa shape index (κ3) is 6.65. The zero-order chi connectivity index (χ0) is 24.0. The molecule has 31 heavy (non-hydrogen) atoms. The molecule has 21 heteroatoms. The van der Waals surface area contributed by atoms with Crippen molar-refractivity contribution in [1.82, 2.24) is 9.55 Å². The Hall–Kier alpha value is -0.710. The molecule has 2 rings (SSSR count). The van der Waals surface area contributed by atoms with Crippen LogP contribution in [0, 0.1) is 10.6 Å². The molecule has 6 N–H and O–H groups in total. The minimum atomic E-state index is -5.79. The average Bonchev–Trinajstić information content (AvgIpc) is 2.76. The molecule has 15 nitrogen and oxygen atoms in total. The number of halogens is 2. The summed E-state index contributed by atoms with van der Waals surface area (Å²) < 4.78 is 78.4. The Kier molecular flexibility index (Phi) is 7.63. The molecule has 0 spiro atoms. The molecule has 1 aliphatic rings. The summed E-state index contributed by atoms with van der Waals surface area (Å²) in [4.78, 5) is 48.5. The van der Waals surface area contributed by atoms with Gasteiger partial charge in [0.1, 0.15) is 11.7 Å². The van der Waals surface area contributed by atoms with Crippen LogP contribution in [0.1, 0.15) is 13.2 Å². The number of aliphatic hydroxyl groups is 1. The van der Waals surface area contributed by atoms with Gasteiger partial charge in [-0.15, -0.1) is 0 Å². The van der Waals surface area contributed by atoms with E-state index in [4.69, 9.17) is 31.6 Å². The average molecular weight is 534 g/mol. The summed E-state index contributed by atoms with van der Waals surface area (Å²) in [6.07, 6.45) is -5.46. The molecule has 1 aromatic rings. The van der Waals surface area contributed by atoms with E-state index < -0.39 is 70.3 Å². The first-order valence-electron chi connectivity index (χ1n) is 7.66. The number of hydrogen-bond donors (Lipinski definition) is 6. The Labute approximate surface area is 175 Å². The van der Waals surface area contributed by atoms with Gasteiger partial charge < -0.3 is 29.4 Å². The van der Waals surface area contributed by atoms with Gasteiger partial charge in [0.2, 0.25) is 5.82 Å². The summed E-state index contributed by atoms with van der Waals surface area (Å²) in [5.41, 5.74) is -3.63. The lowest BCUT2D eigenvalue weighted by Gasteiger charge is -2.27. The van der Waals surface area contributed by atoms with E-state index in [2.05, 4.69) is 13.1 Å². The van der Waals surface area contributed by atoms with Gasteiger partial charge in [0.25, 0.3) is 5.56 Å². The summed E-state index contributed by atoms with van der Waals surface area (Å²) in [6, 6.07) is 0. The highest BCUT2D eigenvalue weighted by atomic mass is 32.1. The van der Waals surface area contributed by atoms with Crippen LogP contribution in [0.3, 0.4) is 0 Å². The van der Waals surface area contributed by atoms with Crippen LogP contribution in [0.25, 0.3) is 0 Å². The number of H-pyrrole nitrogens is 1. The van der Waals surface area contributed by atoms with Gasteiger partial charge in [0.05, 0.1) is 12.8 Å². The Morgan fingerprint density at radius 2 is 1.84 bits per heavy atom. The molecule has 6 atom stereocenters. The van der Waals surface area contributed by atoms with Gasteiger partial charge in [-0.2, -0.15) is 13.0 Å². The van der Waals surface area contributed by atoms with E-state index in [0.29, 0.717) is 10.8 Å². The highest BCUT2D eigenvalue weighted by Crippen LogP contribution is 2.66. The maximum Gasteiger partial charge on any atom is 0.490 e. The van der Waals surface area contributed by atoms with Crippen LogP contribution < -0.4 is 5.56 Å². The van der Waals surface area contributed by atoms with Crippen molar-refractivity contribution in [1.29, 1.82) is 0 Å². The lowest BCUT2D eigenvalue weighted by Crippen LogP contribution is -2.42. The first kappa shape index (κ1) is 26.5. The SMILES string of the molecule is C[C@@]1(O)C(F)[C@@H](COP(=O)(O)OP(=O)(O)OP(=O)(O)O)O[C@H]1n1cc(F)c(=O)[nH]c1=S. The van der Waals surface area contributed by atoms with Gasteiger partial charge in [-0.25, -0.2) is 18.1 Å². The number of aromatic amines is 1. The molecule has 0 aromatic carbocycles. The number of phosphoric acid groups is 3. The van der Waals surface area contributed by atoms with E-state index in [1.807, 2.05) is 4.98 Å². The van der Waals surface area contributed by atoms with Crippen molar-refractivity contribution in [2.75, 3.05) is 6.61 Å². The molecule has 0 saturated carbocycles.